The SMILES string of the molecule is COC(=O)N1CCCCC1C(=O)NCCc1noc(-c2ccccc2)n1. The van der Waals surface area contributed by atoms with Gasteiger partial charge in [0.15, 0.2) is 5.82 Å². The molecular formula is C18H22N4O4. The molecule has 0 saturated carbocycles. The molecule has 2 heterocycles. The van der Waals surface area contributed by atoms with Gasteiger partial charge in [0.1, 0.15) is 6.04 Å². The van der Waals surface area contributed by atoms with Gasteiger partial charge < -0.3 is 14.6 Å². The molecule has 0 spiro atoms. The average molecular weight is 358 g/mol. The molecule has 1 atom stereocenters. The maximum Gasteiger partial charge on any atom is 0.410 e. The first-order chi connectivity index (χ1) is 12.7. The first kappa shape index (κ1) is 17.9. The number of carbonyl (C=O) groups excluding carboxylic acids is 2. The second-order valence-corrected chi connectivity index (χ2v) is 6.10. The summed E-state index contributed by atoms with van der Waals surface area (Å²) in [6, 6.07) is 9.01. The molecule has 1 N–H and O–H groups in total. The van der Waals surface area contributed by atoms with Gasteiger partial charge in [0, 0.05) is 25.1 Å². The van der Waals surface area contributed by atoms with Gasteiger partial charge in [-0.3, -0.25) is 9.69 Å². The van der Waals surface area contributed by atoms with E-state index in [0.29, 0.717) is 37.6 Å². The zero-order valence-corrected chi connectivity index (χ0v) is 14.7. The fourth-order valence-corrected chi connectivity index (χ4v) is 3.01. The van der Waals surface area contributed by atoms with Crippen molar-refractivity contribution in [1.29, 1.82) is 0 Å². The van der Waals surface area contributed by atoms with Crippen LogP contribution in [0.1, 0.15) is 25.1 Å². The van der Waals surface area contributed by atoms with Gasteiger partial charge in [0.2, 0.25) is 5.91 Å². The second-order valence-electron chi connectivity index (χ2n) is 6.10. The summed E-state index contributed by atoms with van der Waals surface area (Å²) in [5.74, 6) is 0.801. The molecule has 2 amide bonds. The van der Waals surface area contributed by atoms with Gasteiger partial charge in [-0.25, -0.2) is 4.79 Å². The number of piperidine rings is 1. The molecule has 1 unspecified atom stereocenters. The van der Waals surface area contributed by atoms with E-state index in [2.05, 4.69) is 15.5 Å². The zero-order chi connectivity index (χ0) is 18.4. The molecule has 8 heteroatoms. The average Bonchev–Trinajstić information content (AvgIpc) is 3.17. The van der Waals surface area contributed by atoms with Crippen LogP contribution in [0.4, 0.5) is 4.79 Å². The third kappa shape index (κ3) is 4.19. The van der Waals surface area contributed by atoms with Gasteiger partial charge >= 0.3 is 6.09 Å². The number of rotatable bonds is 5. The van der Waals surface area contributed by atoms with E-state index in [1.807, 2.05) is 30.3 Å². The molecule has 0 aliphatic carbocycles. The lowest BCUT2D eigenvalue weighted by atomic mass is 10.0. The van der Waals surface area contributed by atoms with Gasteiger partial charge in [-0.15, -0.1) is 0 Å². The van der Waals surface area contributed by atoms with Crippen LogP contribution >= 0.6 is 0 Å². The minimum Gasteiger partial charge on any atom is -0.453 e. The third-order valence-electron chi connectivity index (χ3n) is 4.35. The lowest BCUT2D eigenvalue weighted by Crippen LogP contribution is -2.52. The van der Waals surface area contributed by atoms with Crippen molar-refractivity contribution < 1.29 is 18.8 Å². The molecule has 138 valence electrons. The van der Waals surface area contributed by atoms with E-state index in [4.69, 9.17) is 9.26 Å². The molecule has 1 aromatic heterocycles. The Kier molecular flexibility index (Phi) is 5.83. The fourth-order valence-electron chi connectivity index (χ4n) is 3.01. The summed E-state index contributed by atoms with van der Waals surface area (Å²) in [5.41, 5.74) is 0.853. The second kappa shape index (κ2) is 8.46. The van der Waals surface area contributed by atoms with Crippen molar-refractivity contribution in [3.63, 3.8) is 0 Å². The van der Waals surface area contributed by atoms with Crippen molar-refractivity contribution in [2.24, 2.45) is 0 Å². The zero-order valence-electron chi connectivity index (χ0n) is 14.7. The number of amides is 2. The fraction of sp³-hybridized carbons (Fsp3) is 0.444. The molecule has 1 aliphatic rings. The number of nitrogens with zero attached hydrogens (tertiary/aromatic N) is 3. The molecule has 8 nitrogen and oxygen atoms in total. The molecule has 0 bridgehead atoms. The summed E-state index contributed by atoms with van der Waals surface area (Å²) in [7, 11) is 1.33. The van der Waals surface area contributed by atoms with Crippen molar-refractivity contribution in [3.05, 3.63) is 36.2 Å². The van der Waals surface area contributed by atoms with E-state index < -0.39 is 12.1 Å². The van der Waals surface area contributed by atoms with E-state index in [-0.39, 0.29) is 5.91 Å². The summed E-state index contributed by atoms with van der Waals surface area (Å²) in [6.45, 7) is 0.911. The summed E-state index contributed by atoms with van der Waals surface area (Å²) in [5, 5.41) is 6.79. The van der Waals surface area contributed by atoms with Crippen LogP contribution in [-0.4, -0.2) is 53.3 Å². The van der Waals surface area contributed by atoms with Crippen LogP contribution in [0.25, 0.3) is 11.5 Å². The number of hydrogen-bond acceptors (Lipinski definition) is 6. The van der Waals surface area contributed by atoms with Crippen LogP contribution in [0.2, 0.25) is 0 Å². The summed E-state index contributed by atoms with van der Waals surface area (Å²) >= 11 is 0. The Bertz CT molecular complexity index is 747. The Morgan fingerprint density at radius 1 is 1.31 bits per heavy atom. The normalized spacial score (nSPS) is 17.0. The standard InChI is InChI=1S/C18H22N4O4/c1-25-18(24)22-12-6-5-9-14(22)16(23)19-11-10-15-20-17(26-21-15)13-7-3-2-4-8-13/h2-4,7-8,14H,5-6,9-12H2,1H3,(H,19,23). The number of likely N-dealkylation sites (tertiary alicyclic amines) is 1. The Labute approximate surface area is 151 Å². The lowest BCUT2D eigenvalue weighted by molar-refractivity contribution is -0.126. The maximum atomic E-state index is 12.4. The smallest absolute Gasteiger partial charge is 0.410 e. The predicted octanol–water partition coefficient (Wildman–Crippen LogP) is 2.02. The third-order valence-corrected chi connectivity index (χ3v) is 4.35. The van der Waals surface area contributed by atoms with E-state index in [0.717, 1.165) is 18.4 Å². The molecule has 1 aliphatic heterocycles. The number of hydrogen-bond donors (Lipinski definition) is 1. The highest BCUT2D eigenvalue weighted by Crippen LogP contribution is 2.18. The molecule has 1 aromatic carbocycles. The highest BCUT2D eigenvalue weighted by atomic mass is 16.5. The van der Waals surface area contributed by atoms with Crippen LogP contribution in [-0.2, 0) is 16.0 Å². The van der Waals surface area contributed by atoms with E-state index in [1.54, 1.807) is 0 Å². The van der Waals surface area contributed by atoms with Gasteiger partial charge in [-0.1, -0.05) is 23.4 Å². The summed E-state index contributed by atoms with van der Waals surface area (Å²) in [6.07, 6.45) is 2.42. The Morgan fingerprint density at radius 3 is 2.88 bits per heavy atom. The van der Waals surface area contributed by atoms with E-state index >= 15 is 0 Å². The van der Waals surface area contributed by atoms with E-state index in [9.17, 15) is 9.59 Å². The van der Waals surface area contributed by atoms with Crippen molar-refractivity contribution in [2.45, 2.75) is 31.7 Å². The molecule has 26 heavy (non-hydrogen) atoms. The number of ether oxygens (including phenoxy) is 1. The molecular weight excluding hydrogens is 336 g/mol. The molecule has 1 fully saturated rings. The predicted molar refractivity (Wildman–Crippen MR) is 93.2 cm³/mol. The quantitative estimate of drug-likeness (QED) is 0.878. The molecule has 1 saturated heterocycles. The number of benzene rings is 1. The Morgan fingerprint density at radius 2 is 2.12 bits per heavy atom. The van der Waals surface area contributed by atoms with E-state index in [1.165, 1.54) is 12.0 Å². The van der Waals surface area contributed by atoms with Crippen LogP contribution < -0.4 is 5.32 Å². The summed E-state index contributed by atoms with van der Waals surface area (Å²) in [4.78, 5) is 30.0. The molecule has 3 rings (SSSR count). The first-order valence-corrected chi connectivity index (χ1v) is 8.69. The largest absolute Gasteiger partial charge is 0.453 e. The van der Waals surface area contributed by atoms with Crippen molar-refractivity contribution in [2.75, 3.05) is 20.2 Å². The van der Waals surface area contributed by atoms with Gasteiger partial charge in [-0.2, -0.15) is 4.98 Å². The lowest BCUT2D eigenvalue weighted by Gasteiger charge is -2.33. The number of carbonyl (C=O) groups is 2. The minimum atomic E-state index is -0.485. The minimum absolute atomic E-state index is 0.179. The highest BCUT2D eigenvalue weighted by molar-refractivity contribution is 5.85. The molecule has 2 aromatic rings. The van der Waals surface area contributed by atoms with Crippen molar-refractivity contribution in [3.8, 4) is 11.5 Å². The molecule has 0 radical (unpaired) electrons. The summed E-state index contributed by atoms with van der Waals surface area (Å²) < 4.78 is 10.0. The first-order valence-electron chi connectivity index (χ1n) is 8.69. The van der Waals surface area contributed by atoms with Crippen molar-refractivity contribution in [1.82, 2.24) is 20.4 Å². The number of aromatic nitrogens is 2. The number of nitrogens with one attached hydrogen (secondary N) is 1. The van der Waals surface area contributed by atoms with Gasteiger partial charge in [0.05, 0.1) is 7.11 Å². The van der Waals surface area contributed by atoms with Crippen LogP contribution in [0.15, 0.2) is 34.9 Å². The van der Waals surface area contributed by atoms with Gasteiger partial charge in [0.25, 0.3) is 5.89 Å². The van der Waals surface area contributed by atoms with Crippen LogP contribution in [0, 0.1) is 0 Å². The van der Waals surface area contributed by atoms with Crippen LogP contribution in [0.5, 0.6) is 0 Å². The maximum absolute atomic E-state index is 12.4. The Balaban J connectivity index is 1.52. The van der Waals surface area contributed by atoms with Crippen molar-refractivity contribution >= 4 is 12.0 Å². The highest BCUT2D eigenvalue weighted by Gasteiger charge is 2.32. The Hall–Kier alpha value is -2.90. The number of methoxy groups -OCH3 is 1. The monoisotopic (exact) mass is 358 g/mol. The van der Waals surface area contributed by atoms with Gasteiger partial charge in [-0.05, 0) is 31.4 Å². The topological polar surface area (TPSA) is 97.6 Å². The van der Waals surface area contributed by atoms with Crippen LogP contribution in [0.3, 0.4) is 0 Å².